The van der Waals surface area contributed by atoms with E-state index in [0.29, 0.717) is 17.0 Å². The van der Waals surface area contributed by atoms with E-state index in [-0.39, 0.29) is 18.3 Å². The largest absolute Gasteiger partial charge is 0.348 e. The maximum Gasteiger partial charge on any atom is 0.251 e. The third-order valence-electron chi connectivity index (χ3n) is 4.86. The third kappa shape index (κ3) is 3.02. The highest BCUT2D eigenvalue weighted by Crippen LogP contribution is 2.25. The van der Waals surface area contributed by atoms with E-state index < -0.39 is 0 Å². The SMILES string of the molecule is C[C@@H]1CCn2c(nc3cc(C(=O)NCc4ccccc4F)ccc32)C1. The van der Waals surface area contributed by atoms with E-state index in [1.54, 1.807) is 18.2 Å². The first-order chi connectivity index (χ1) is 12.1. The van der Waals surface area contributed by atoms with Crippen molar-refractivity contribution in [1.29, 1.82) is 0 Å². The number of benzene rings is 2. The summed E-state index contributed by atoms with van der Waals surface area (Å²) in [7, 11) is 0. The number of nitrogens with one attached hydrogen (secondary N) is 1. The lowest BCUT2D eigenvalue weighted by Gasteiger charge is -2.19. The van der Waals surface area contributed by atoms with Crippen molar-refractivity contribution >= 4 is 16.9 Å². The average molecular weight is 337 g/mol. The van der Waals surface area contributed by atoms with Gasteiger partial charge in [0.2, 0.25) is 0 Å². The number of rotatable bonds is 3. The number of carbonyl (C=O) groups is 1. The van der Waals surface area contributed by atoms with Gasteiger partial charge in [-0.2, -0.15) is 0 Å². The molecule has 0 fully saturated rings. The van der Waals surface area contributed by atoms with Crippen LogP contribution in [0, 0.1) is 11.7 Å². The Kier molecular flexibility index (Phi) is 3.99. The fourth-order valence-corrected chi connectivity index (χ4v) is 3.41. The van der Waals surface area contributed by atoms with Crippen LogP contribution in [0.2, 0.25) is 0 Å². The van der Waals surface area contributed by atoms with Crippen LogP contribution < -0.4 is 5.32 Å². The Morgan fingerprint density at radius 3 is 3.00 bits per heavy atom. The molecule has 0 aliphatic carbocycles. The molecule has 1 aliphatic rings. The predicted molar refractivity (Wildman–Crippen MR) is 94.8 cm³/mol. The normalized spacial score (nSPS) is 16.6. The Morgan fingerprint density at radius 2 is 2.16 bits per heavy atom. The summed E-state index contributed by atoms with van der Waals surface area (Å²) in [5.74, 6) is 1.21. The average Bonchev–Trinajstić information content (AvgIpc) is 2.97. The second-order valence-corrected chi connectivity index (χ2v) is 6.76. The molecule has 0 unspecified atom stereocenters. The van der Waals surface area contributed by atoms with Crippen LogP contribution in [0.15, 0.2) is 42.5 Å². The number of carbonyl (C=O) groups excluding carboxylic acids is 1. The van der Waals surface area contributed by atoms with Crippen molar-refractivity contribution in [2.24, 2.45) is 5.92 Å². The molecule has 1 aromatic heterocycles. The molecule has 4 rings (SSSR count). The summed E-state index contributed by atoms with van der Waals surface area (Å²) in [5, 5.41) is 2.78. The van der Waals surface area contributed by atoms with E-state index in [2.05, 4.69) is 16.8 Å². The first kappa shape index (κ1) is 15.8. The Bertz CT molecular complexity index is 947. The van der Waals surface area contributed by atoms with E-state index in [1.807, 2.05) is 18.2 Å². The molecule has 2 heterocycles. The van der Waals surface area contributed by atoms with Gasteiger partial charge in [-0.3, -0.25) is 4.79 Å². The zero-order chi connectivity index (χ0) is 17.4. The van der Waals surface area contributed by atoms with Crippen LogP contribution in [0.3, 0.4) is 0 Å². The number of aryl methyl sites for hydroxylation is 1. The van der Waals surface area contributed by atoms with Crippen LogP contribution in [0.5, 0.6) is 0 Å². The van der Waals surface area contributed by atoms with Crippen LogP contribution in [0.25, 0.3) is 11.0 Å². The summed E-state index contributed by atoms with van der Waals surface area (Å²) < 4.78 is 15.9. The van der Waals surface area contributed by atoms with Gasteiger partial charge in [0.1, 0.15) is 11.6 Å². The molecule has 0 saturated heterocycles. The van der Waals surface area contributed by atoms with Gasteiger partial charge in [0.25, 0.3) is 5.91 Å². The van der Waals surface area contributed by atoms with E-state index >= 15 is 0 Å². The lowest BCUT2D eigenvalue weighted by molar-refractivity contribution is 0.0950. The summed E-state index contributed by atoms with van der Waals surface area (Å²) in [5.41, 5.74) is 2.95. The van der Waals surface area contributed by atoms with Crippen LogP contribution in [-0.2, 0) is 19.5 Å². The number of amides is 1. The van der Waals surface area contributed by atoms with E-state index in [4.69, 9.17) is 4.98 Å². The van der Waals surface area contributed by atoms with Crippen molar-refractivity contribution in [3.05, 3.63) is 65.2 Å². The maximum atomic E-state index is 13.6. The number of fused-ring (bicyclic) bond motifs is 3. The smallest absolute Gasteiger partial charge is 0.251 e. The van der Waals surface area contributed by atoms with Gasteiger partial charge in [-0.15, -0.1) is 0 Å². The summed E-state index contributed by atoms with van der Waals surface area (Å²) in [6.07, 6.45) is 2.13. The van der Waals surface area contributed by atoms with Crippen LogP contribution in [-0.4, -0.2) is 15.5 Å². The fourth-order valence-electron chi connectivity index (χ4n) is 3.41. The van der Waals surface area contributed by atoms with Gasteiger partial charge in [0.05, 0.1) is 11.0 Å². The van der Waals surface area contributed by atoms with E-state index in [0.717, 1.165) is 36.2 Å². The summed E-state index contributed by atoms with van der Waals surface area (Å²) >= 11 is 0. The predicted octanol–water partition coefficient (Wildman–Crippen LogP) is 3.69. The molecule has 0 radical (unpaired) electrons. The minimum atomic E-state index is -0.311. The Morgan fingerprint density at radius 1 is 1.32 bits per heavy atom. The number of aromatic nitrogens is 2. The molecule has 1 amide bonds. The van der Waals surface area contributed by atoms with E-state index in [9.17, 15) is 9.18 Å². The molecule has 25 heavy (non-hydrogen) atoms. The number of nitrogens with zero attached hydrogens (tertiary/aromatic N) is 2. The molecule has 1 N–H and O–H groups in total. The van der Waals surface area contributed by atoms with Gasteiger partial charge in [-0.25, -0.2) is 9.37 Å². The van der Waals surface area contributed by atoms with Gasteiger partial charge in [0.15, 0.2) is 0 Å². The van der Waals surface area contributed by atoms with Gasteiger partial charge >= 0.3 is 0 Å². The molecule has 0 saturated carbocycles. The third-order valence-corrected chi connectivity index (χ3v) is 4.86. The second-order valence-electron chi connectivity index (χ2n) is 6.76. The highest BCUT2D eigenvalue weighted by molar-refractivity contribution is 5.97. The highest BCUT2D eigenvalue weighted by atomic mass is 19.1. The number of imidazole rings is 1. The van der Waals surface area contributed by atoms with E-state index in [1.165, 1.54) is 6.07 Å². The first-order valence-electron chi connectivity index (χ1n) is 8.62. The van der Waals surface area contributed by atoms with Gasteiger partial charge in [0, 0.05) is 30.6 Å². The fraction of sp³-hybridized carbons (Fsp3) is 0.300. The number of hydrogen-bond acceptors (Lipinski definition) is 2. The van der Waals surface area contributed by atoms with Crippen LogP contribution in [0.1, 0.15) is 35.1 Å². The van der Waals surface area contributed by atoms with Gasteiger partial charge in [-0.05, 0) is 36.6 Å². The minimum Gasteiger partial charge on any atom is -0.348 e. The maximum absolute atomic E-state index is 13.6. The van der Waals surface area contributed by atoms with Crippen LogP contribution >= 0.6 is 0 Å². The van der Waals surface area contributed by atoms with Gasteiger partial charge in [-0.1, -0.05) is 25.1 Å². The van der Waals surface area contributed by atoms with Crippen LogP contribution in [0.4, 0.5) is 4.39 Å². The standard InChI is InChI=1S/C20H20FN3O/c1-13-8-9-24-18-7-6-14(11-17(18)23-19(24)10-13)20(25)22-12-15-4-2-3-5-16(15)21/h2-7,11,13H,8-10,12H2,1H3,(H,22,25)/t13-/m1/s1. The molecule has 4 nitrogen and oxygen atoms in total. The van der Waals surface area contributed by atoms with Crippen molar-refractivity contribution < 1.29 is 9.18 Å². The molecule has 3 aromatic rings. The monoisotopic (exact) mass is 337 g/mol. The molecule has 128 valence electrons. The molecule has 1 atom stereocenters. The molecule has 0 bridgehead atoms. The number of hydrogen-bond donors (Lipinski definition) is 1. The van der Waals surface area contributed by atoms with Crippen molar-refractivity contribution in [1.82, 2.24) is 14.9 Å². The minimum absolute atomic E-state index is 0.167. The van der Waals surface area contributed by atoms with Crippen molar-refractivity contribution in [3.63, 3.8) is 0 Å². The highest BCUT2D eigenvalue weighted by Gasteiger charge is 2.19. The van der Waals surface area contributed by atoms with Crippen molar-refractivity contribution in [3.8, 4) is 0 Å². The Balaban J connectivity index is 1.55. The molecule has 0 spiro atoms. The van der Waals surface area contributed by atoms with Crippen molar-refractivity contribution in [2.45, 2.75) is 32.9 Å². The quantitative estimate of drug-likeness (QED) is 0.792. The summed E-state index contributed by atoms with van der Waals surface area (Å²) in [6, 6.07) is 12.0. The van der Waals surface area contributed by atoms with Gasteiger partial charge < -0.3 is 9.88 Å². The molecular formula is C20H20FN3O. The Labute approximate surface area is 145 Å². The number of halogens is 1. The summed E-state index contributed by atoms with van der Waals surface area (Å²) in [6.45, 7) is 3.39. The molecule has 5 heteroatoms. The lowest BCUT2D eigenvalue weighted by atomic mass is 10.0. The molecular weight excluding hydrogens is 317 g/mol. The topological polar surface area (TPSA) is 46.9 Å². The zero-order valence-corrected chi connectivity index (χ0v) is 14.1. The molecule has 1 aliphatic heterocycles. The summed E-state index contributed by atoms with van der Waals surface area (Å²) in [4.78, 5) is 17.1. The second kappa shape index (κ2) is 6.31. The first-order valence-corrected chi connectivity index (χ1v) is 8.62. The van der Waals surface area contributed by atoms with Crippen molar-refractivity contribution in [2.75, 3.05) is 0 Å². The lowest BCUT2D eigenvalue weighted by Crippen LogP contribution is -2.23. The molecule has 2 aromatic carbocycles. The Hall–Kier alpha value is -2.69. The zero-order valence-electron chi connectivity index (χ0n) is 14.1.